The molecule has 1 unspecified atom stereocenters. The van der Waals surface area contributed by atoms with Crippen LogP contribution in [0.2, 0.25) is 0 Å². The molecule has 2 aliphatic heterocycles. The monoisotopic (exact) mass is 168 g/mol. The van der Waals surface area contributed by atoms with Crippen LogP contribution in [-0.2, 0) is 4.79 Å². The molecule has 0 aromatic rings. The van der Waals surface area contributed by atoms with Crippen molar-refractivity contribution in [1.82, 2.24) is 10.2 Å². The van der Waals surface area contributed by atoms with Crippen LogP contribution >= 0.6 is 0 Å². The summed E-state index contributed by atoms with van der Waals surface area (Å²) >= 11 is 0. The van der Waals surface area contributed by atoms with Crippen molar-refractivity contribution in [2.75, 3.05) is 19.6 Å². The average molecular weight is 168 g/mol. The first kappa shape index (κ1) is 8.05. The third kappa shape index (κ3) is 1.33. The number of nitrogens with zero attached hydrogens (tertiary/aromatic N) is 1. The van der Waals surface area contributed by atoms with Crippen molar-refractivity contribution in [3.8, 4) is 0 Å². The summed E-state index contributed by atoms with van der Waals surface area (Å²) in [5.41, 5.74) is 0. The molecule has 0 bridgehead atoms. The van der Waals surface area contributed by atoms with E-state index < -0.39 is 0 Å². The number of rotatable bonds is 1. The average Bonchev–Trinajstić information content (AvgIpc) is 2.31. The minimum absolute atomic E-state index is 0.148. The molecule has 2 aliphatic rings. The van der Waals surface area contributed by atoms with E-state index in [1.807, 2.05) is 4.90 Å². The lowest BCUT2D eigenvalue weighted by atomic mass is 10.1. The van der Waals surface area contributed by atoms with Gasteiger partial charge in [-0.3, -0.25) is 4.79 Å². The number of carbonyl (C=O) groups is 1. The van der Waals surface area contributed by atoms with Crippen LogP contribution in [-0.4, -0.2) is 36.5 Å². The SMILES string of the molecule is CC1CCN(C(=O)[C@H]2CCN2)C1. The Bertz CT molecular complexity index is 189. The summed E-state index contributed by atoms with van der Waals surface area (Å²) in [5, 5.41) is 3.15. The predicted octanol–water partition coefficient (Wildman–Crippen LogP) is 0.217. The van der Waals surface area contributed by atoms with Crippen LogP contribution in [0, 0.1) is 5.92 Å². The van der Waals surface area contributed by atoms with Crippen LogP contribution in [0.5, 0.6) is 0 Å². The number of hydrogen-bond donors (Lipinski definition) is 1. The van der Waals surface area contributed by atoms with Crippen LogP contribution in [0.25, 0.3) is 0 Å². The second-order valence-corrected chi connectivity index (χ2v) is 3.97. The van der Waals surface area contributed by atoms with E-state index in [2.05, 4.69) is 12.2 Å². The third-order valence-electron chi connectivity index (χ3n) is 2.86. The molecule has 1 amide bonds. The highest BCUT2D eigenvalue weighted by atomic mass is 16.2. The molecule has 0 radical (unpaired) electrons. The Morgan fingerprint density at radius 1 is 1.50 bits per heavy atom. The molecule has 2 fully saturated rings. The maximum atomic E-state index is 11.6. The number of carbonyl (C=O) groups excluding carboxylic acids is 1. The topological polar surface area (TPSA) is 32.3 Å². The van der Waals surface area contributed by atoms with Crippen LogP contribution < -0.4 is 5.32 Å². The maximum Gasteiger partial charge on any atom is 0.239 e. The molecular formula is C9H16N2O. The lowest BCUT2D eigenvalue weighted by molar-refractivity contribution is -0.134. The lowest BCUT2D eigenvalue weighted by Crippen LogP contribution is -2.53. The highest BCUT2D eigenvalue weighted by Gasteiger charge is 2.31. The van der Waals surface area contributed by atoms with Crippen molar-refractivity contribution in [1.29, 1.82) is 0 Å². The van der Waals surface area contributed by atoms with Gasteiger partial charge in [-0.05, 0) is 25.3 Å². The minimum atomic E-state index is 0.148. The molecule has 0 aromatic heterocycles. The Kier molecular flexibility index (Phi) is 2.05. The Morgan fingerprint density at radius 3 is 2.67 bits per heavy atom. The Balaban J connectivity index is 1.87. The smallest absolute Gasteiger partial charge is 0.239 e. The van der Waals surface area contributed by atoms with Gasteiger partial charge in [0.2, 0.25) is 5.91 Å². The van der Waals surface area contributed by atoms with Gasteiger partial charge >= 0.3 is 0 Å². The molecular weight excluding hydrogens is 152 g/mol. The normalized spacial score (nSPS) is 34.9. The Hall–Kier alpha value is -0.570. The summed E-state index contributed by atoms with van der Waals surface area (Å²) < 4.78 is 0. The van der Waals surface area contributed by atoms with Crippen LogP contribution in [0.1, 0.15) is 19.8 Å². The van der Waals surface area contributed by atoms with E-state index >= 15 is 0 Å². The van der Waals surface area contributed by atoms with Crippen LogP contribution in [0.3, 0.4) is 0 Å². The molecule has 2 heterocycles. The van der Waals surface area contributed by atoms with E-state index in [1.165, 1.54) is 6.42 Å². The van der Waals surface area contributed by atoms with Gasteiger partial charge in [-0.15, -0.1) is 0 Å². The Labute approximate surface area is 73.1 Å². The van der Waals surface area contributed by atoms with Crippen molar-refractivity contribution in [2.45, 2.75) is 25.8 Å². The first-order valence-electron chi connectivity index (χ1n) is 4.79. The summed E-state index contributed by atoms with van der Waals surface area (Å²) in [6.45, 7) is 5.16. The summed E-state index contributed by atoms with van der Waals surface area (Å²) in [7, 11) is 0. The molecule has 2 atom stereocenters. The molecule has 2 rings (SSSR count). The zero-order valence-corrected chi connectivity index (χ0v) is 7.55. The van der Waals surface area contributed by atoms with Gasteiger partial charge in [-0.25, -0.2) is 0 Å². The van der Waals surface area contributed by atoms with Gasteiger partial charge in [-0.1, -0.05) is 6.92 Å². The van der Waals surface area contributed by atoms with Crippen molar-refractivity contribution in [3.63, 3.8) is 0 Å². The first-order valence-corrected chi connectivity index (χ1v) is 4.79. The van der Waals surface area contributed by atoms with E-state index in [1.54, 1.807) is 0 Å². The zero-order valence-electron chi connectivity index (χ0n) is 7.55. The van der Waals surface area contributed by atoms with Gasteiger partial charge in [0.25, 0.3) is 0 Å². The van der Waals surface area contributed by atoms with Crippen molar-refractivity contribution in [2.24, 2.45) is 5.92 Å². The summed E-state index contributed by atoms with van der Waals surface area (Å²) in [6, 6.07) is 0.148. The van der Waals surface area contributed by atoms with E-state index in [9.17, 15) is 4.79 Å². The molecule has 0 spiro atoms. The molecule has 0 saturated carbocycles. The number of amides is 1. The first-order chi connectivity index (χ1) is 5.77. The predicted molar refractivity (Wildman–Crippen MR) is 46.8 cm³/mol. The minimum Gasteiger partial charge on any atom is -0.341 e. The molecule has 68 valence electrons. The largest absolute Gasteiger partial charge is 0.341 e. The van der Waals surface area contributed by atoms with Gasteiger partial charge in [0, 0.05) is 13.1 Å². The van der Waals surface area contributed by atoms with Crippen molar-refractivity contribution in [3.05, 3.63) is 0 Å². The van der Waals surface area contributed by atoms with E-state index in [4.69, 9.17) is 0 Å². The second-order valence-electron chi connectivity index (χ2n) is 3.97. The molecule has 3 heteroatoms. The molecule has 1 N–H and O–H groups in total. The fourth-order valence-electron chi connectivity index (χ4n) is 1.86. The Morgan fingerprint density at radius 2 is 2.25 bits per heavy atom. The lowest BCUT2D eigenvalue weighted by Gasteiger charge is -2.30. The van der Waals surface area contributed by atoms with E-state index in [0.717, 1.165) is 26.1 Å². The number of hydrogen-bond acceptors (Lipinski definition) is 2. The summed E-state index contributed by atoms with van der Waals surface area (Å²) in [4.78, 5) is 13.6. The zero-order chi connectivity index (χ0) is 8.55. The fraction of sp³-hybridized carbons (Fsp3) is 0.889. The van der Waals surface area contributed by atoms with Gasteiger partial charge in [0.15, 0.2) is 0 Å². The highest BCUT2D eigenvalue weighted by molar-refractivity contribution is 5.83. The van der Waals surface area contributed by atoms with Gasteiger partial charge in [0.1, 0.15) is 0 Å². The fourth-order valence-corrected chi connectivity index (χ4v) is 1.86. The molecule has 12 heavy (non-hydrogen) atoms. The number of nitrogens with one attached hydrogen (secondary N) is 1. The highest BCUT2D eigenvalue weighted by Crippen LogP contribution is 2.17. The number of likely N-dealkylation sites (tertiary alicyclic amines) is 1. The van der Waals surface area contributed by atoms with Gasteiger partial charge in [-0.2, -0.15) is 0 Å². The van der Waals surface area contributed by atoms with E-state index in [-0.39, 0.29) is 6.04 Å². The van der Waals surface area contributed by atoms with Crippen molar-refractivity contribution >= 4 is 5.91 Å². The molecule has 3 nitrogen and oxygen atoms in total. The summed E-state index contributed by atoms with van der Waals surface area (Å²) in [5.74, 6) is 1.03. The molecule has 0 aliphatic carbocycles. The summed E-state index contributed by atoms with van der Waals surface area (Å²) in [6.07, 6.45) is 2.21. The second kappa shape index (κ2) is 3.05. The van der Waals surface area contributed by atoms with Crippen molar-refractivity contribution < 1.29 is 4.79 Å². The van der Waals surface area contributed by atoms with E-state index in [0.29, 0.717) is 11.8 Å². The quantitative estimate of drug-likeness (QED) is 0.607. The maximum absolute atomic E-state index is 11.6. The molecule has 0 aromatic carbocycles. The van der Waals surface area contributed by atoms with Gasteiger partial charge in [0.05, 0.1) is 6.04 Å². The van der Waals surface area contributed by atoms with Crippen LogP contribution in [0.4, 0.5) is 0 Å². The standard InChI is InChI=1S/C9H16N2O/c1-7-3-5-11(6-7)9(12)8-2-4-10-8/h7-8,10H,2-6H2,1H3/t7?,8-/m1/s1. The third-order valence-corrected chi connectivity index (χ3v) is 2.86. The van der Waals surface area contributed by atoms with Crippen LogP contribution in [0.15, 0.2) is 0 Å². The van der Waals surface area contributed by atoms with Gasteiger partial charge < -0.3 is 10.2 Å². The molecule has 2 saturated heterocycles.